The molecule has 0 aliphatic heterocycles. The molecule has 0 aromatic rings. The van der Waals surface area contributed by atoms with Crippen LogP contribution in [0.5, 0.6) is 0 Å². The molecule has 0 aromatic carbocycles. The van der Waals surface area contributed by atoms with Crippen LogP contribution in [0.4, 0.5) is 0 Å². The van der Waals surface area contributed by atoms with Crippen LogP contribution in [0.2, 0.25) is 0 Å². The number of amides is 2. The van der Waals surface area contributed by atoms with E-state index in [0.29, 0.717) is 19.4 Å². The van der Waals surface area contributed by atoms with Crippen LogP contribution in [0.1, 0.15) is 39.0 Å². The molecule has 0 bridgehead atoms. The molecule has 0 spiro atoms. The number of ketones is 1. The Bertz CT molecular complexity index is 295. The quantitative estimate of drug-likeness (QED) is 0.428. The lowest BCUT2D eigenvalue weighted by Crippen LogP contribution is -2.28. The topological polar surface area (TPSA) is 75.3 Å². The van der Waals surface area contributed by atoms with E-state index in [2.05, 4.69) is 23.3 Å². The van der Waals surface area contributed by atoms with Gasteiger partial charge in [0.2, 0.25) is 11.8 Å². The fourth-order valence-corrected chi connectivity index (χ4v) is 1.68. The van der Waals surface area contributed by atoms with Crippen LogP contribution in [0.3, 0.4) is 0 Å². The molecule has 2 N–H and O–H groups in total. The molecule has 2 amide bonds. The zero-order chi connectivity index (χ0) is 14.0. The Hall–Kier alpha value is -1.04. The zero-order valence-electron chi connectivity index (χ0n) is 11.0. The molecule has 0 aliphatic carbocycles. The van der Waals surface area contributed by atoms with E-state index in [-0.39, 0.29) is 29.3 Å². The predicted molar refractivity (Wildman–Crippen MR) is 73.6 cm³/mol. The van der Waals surface area contributed by atoms with Crippen molar-refractivity contribution in [2.24, 2.45) is 0 Å². The number of hydrogen-bond acceptors (Lipinski definition) is 4. The molecule has 0 saturated heterocycles. The van der Waals surface area contributed by atoms with Crippen LogP contribution in [-0.2, 0) is 14.4 Å². The van der Waals surface area contributed by atoms with Gasteiger partial charge in [0, 0.05) is 26.4 Å². The van der Waals surface area contributed by atoms with Crippen molar-refractivity contribution in [3.8, 4) is 0 Å². The summed E-state index contributed by atoms with van der Waals surface area (Å²) in [6.07, 6.45) is 2.87. The Kier molecular flexibility index (Phi) is 9.36. The highest BCUT2D eigenvalue weighted by atomic mass is 32.1. The number of rotatable bonds is 9. The summed E-state index contributed by atoms with van der Waals surface area (Å²) in [5.74, 6) is -0.156. The first kappa shape index (κ1) is 17.0. The second-order valence-electron chi connectivity index (χ2n) is 4.18. The highest BCUT2D eigenvalue weighted by Gasteiger charge is 2.10. The number of hydrogen-bond donors (Lipinski definition) is 3. The molecule has 18 heavy (non-hydrogen) atoms. The minimum absolute atomic E-state index is 0.0219. The van der Waals surface area contributed by atoms with Crippen molar-refractivity contribution in [2.45, 2.75) is 44.3 Å². The number of unbranched alkanes of at least 4 members (excludes halogenated alkanes) is 1. The number of carbonyl (C=O) groups excluding carboxylic acids is 3. The maximum absolute atomic E-state index is 11.3. The highest BCUT2D eigenvalue weighted by Crippen LogP contribution is 2.06. The summed E-state index contributed by atoms with van der Waals surface area (Å²) in [6.45, 7) is 2.05. The van der Waals surface area contributed by atoms with Crippen molar-refractivity contribution in [1.82, 2.24) is 10.6 Å². The molecule has 0 saturated carbocycles. The van der Waals surface area contributed by atoms with Gasteiger partial charge in [-0.15, -0.1) is 0 Å². The maximum atomic E-state index is 11.3. The summed E-state index contributed by atoms with van der Waals surface area (Å²) < 4.78 is 0. The molecule has 1 unspecified atom stereocenters. The summed E-state index contributed by atoms with van der Waals surface area (Å²) in [5, 5.41) is 4.98. The highest BCUT2D eigenvalue weighted by molar-refractivity contribution is 7.81. The Morgan fingerprint density at radius 3 is 2.39 bits per heavy atom. The molecule has 5 nitrogen and oxygen atoms in total. The van der Waals surface area contributed by atoms with Crippen molar-refractivity contribution < 1.29 is 14.4 Å². The van der Waals surface area contributed by atoms with Gasteiger partial charge in [0.05, 0.1) is 5.25 Å². The minimum atomic E-state index is -0.289. The first-order valence-corrected chi connectivity index (χ1v) is 6.64. The number of thiol groups is 1. The Labute approximate surface area is 113 Å². The summed E-state index contributed by atoms with van der Waals surface area (Å²) in [5.41, 5.74) is 0. The van der Waals surface area contributed by atoms with E-state index in [4.69, 9.17) is 0 Å². The van der Waals surface area contributed by atoms with Crippen LogP contribution in [0, 0.1) is 0 Å². The van der Waals surface area contributed by atoms with Gasteiger partial charge in [-0.05, 0) is 19.8 Å². The van der Waals surface area contributed by atoms with Crippen molar-refractivity contribution in [3.63, 3.8) is 0 Å². The van der Waals surface area contributed by atoms with Gasteiger partial charge in [0.1, 0.15) is 5.78 Å². The monoisotopic (exact) mass is 274 g/mol. The molecule has 0 heterocycles. The van der Waals surface area contributed by atoms with Gasteiger partial charge in [-0.3, -0.25) is 9.59 Å². The van der Waals surface area contributed by atoms with Gasteiger partial charge in [-0.25, -0.2) is 0 Å². The first-order chi connectivity index (χ1) is 8.47. The van der Waals surface area contributed by atoms with Crippen LogP contribution in [0.15, 0.2) is 0 Å². The lowest BCUT2D eigenvalue weighted by Gasteiger charge is -2.09. The summed E-state index contributed by atoms with van der Waals surface area (Å²) in [7, 11) is 1.58. The van der Waals surface area contributed by atoms with E-state index in [1.165, 1.54) is 6.92 Å². The second-order valence-corrected chi connectivity index (χ2v) is 4.80. The fraction of sp³-hybridized carbons (Fsp3) is 0.750. The first-order valence-electron chi connectivity index (χ1n) is 6.13. The van der Waals surface area contributed by atoms with Crippen molar-refractivity contribution >= 4 is 30.2 Å². The Morgan fingerprint density at radius 1 is 1.17 bits per heavy atom. The van der Waals surface area contributed by atoms with Crippen molar-refractivity contribution in [1.29, 1.82) is 0 Å². The summed E-state index contributed by atoms with van der Waals surface area (Å²) >= 11 is 4.17. The van der Waals surface area contributed by atoms with Crippen molar-refractivity contribution in [2.75, 3.05) is 13.6 Å². The van der Waals surface area contributed by atoms with E-state index >= 15 is 0 Å². The normalized spacial score (nSPS) is 11.7. The largest absolute Gasteiger partial charge is 0.358 e. The Morgan fingerprint density at radius 2 is 1.83 bits per heavy atom. The molecule has 0 aliphatic rings. The lowest BCUT2D eigenvalue weighted by atomic mass is 10.1. The number of Topliss-reactive ketones (excluding diaryl/α,β-unsaturated/α-hetero) is 1. The molecule has 104 valence electrons. The van der Waals surface area contributed by atoms with Gasteiger partial charge >= 0.3 is 0 Å². The van der Waals surface area contributed by atoms with E-state index < -0.39 is 0 Å². The molecule has 0 radical (unpaired) electrons. The molecule has 1 atom stereocenters. The lowest BCUT2D eigenvalue weighted by molar-refractivity contribution is -0.124. The van der Waals surface area contributed by atoms with E-state index in [0.717, 1.165) is 12.8 Å². The third kappa shape index (κ3) is 9.04. The van der Waals surface area contributed by atoms with Crippen LogP contribution < -0.4 is 10.6 Å². The van der Waals surface area contributed by atoms with Gasteiger partial charge in [-0.1, -0.05) is 6.42 Å². The average Bonchev–Trinajstić information content (AvgIpc) is 2.34. The SMILES string of the molecule is CNC(=O)C(S)CCCCNC(=O)CCC(C)=O. The van der Waals surface area contributed by atoms with Gasteiger partial charge in [0.15, 0.2) is 0 Å². The maximum Gasteiger partial charge on any atom is 0.232 e. The summed E-state index contributed by atoms with van der Waals surface area (Å²) in [4.78, 5) is 33.1. The van der Waals surface area contributed by atoms with E-state index in [9.17, 15) is 14.4 Å². The predicted octanol–water partition coefficient (Wildman–Crippen LogP) is 0.686. The van der Waals surface area contributed by atoms with E-state index in [1.54, 1.807) is 7.05 Å². The molecule has 0 rings (SSSR count). The standard InChI is InChI=1S/C12H22N2O3S/c1-9(15)6-7-11(16)14-8-4-3-5-10(18)12(17)13-2/h10,18H,3-8H2,1-2H3,(H,13,17)(H,14,16). The molecular formula is C12H22N2O3S. The summed E-state index contributed by atoms with van der Waals surface area (Å²) in [6, 6.07) is 0. The number of carbonyl (C=O) groups is 3. The minimum Gasteiger partial charge on any atom is -0.358 e. The van der Waals surface area contributed by atoms with Crippen LogP contribution in [0.25, 0.3) is 0 Å². The fourth-order valence-electron chi connectivity index (χ4n) is 1.37. The smallest absolute Gasteiger partial charge is 0.232 e. The molecule has 6 heteroatoms. The third-order valence-corrected chi connectivity index (χ3v) is 2.97. The van der Waals surface area contributed by atoms with Gasteiger partial charge < -0.3 is 15.4 Å². The molecule has 0 aromatic heterocycles. The van der Waals surface area contributed by atoms with E-state index in [1.807, 2.05) is 0 Å². The molecular weight excluding hydrogens is 252 g/mol. The Balaban J connectivity index is 3.48. The molecule has 0 fully saturated rings. The van der Waals surface area contributed by atoms with Crippen molar-refractivity contribution in [3.05, 3.63) is 0 Å². The van der Waals surface area contributed by atoms with Gasteiger partial charge in [-0.2, -0.15) is 12.6 Å². The number of nitrogens with one attached hydrogen (secondary N) is 2. The third-order valence-electron chi connectivity index (χ3n) is 2.48. The average molecular weight is 274 g/mol. The van der Waals surface area contributed by atoms with Crippen LogP contribution >= 0.6 is 12.6 Å². The second kappa shape index (κ2) is 9.94. The van der Waals surface area contributed by atoms with Crippen LogP contribution in [-0.4, -0.2) is 36.4 Å². The van der Waals surface area contributed by atoms with Gasteiger partial charge in [0.25, 0.3) is 0 Å². The zero-order valence-corrected chi connectivity index (χ0v) is 11.9.